The van der Waals surface area contributed by atoms with Crippen LogP contribution >= 0.6 is 0 Å². The monoisotopic (exact) mass is 377 g/mol. The van der Waals surface area contributed by atoms with Gasteiger partial charge in [0, 0.05) is 5.92 Å². The summed E-state index contributed by atoms with van der Waals surface area (Å²) in [4.78, 5) is 16.8. The van der Waals surface area contributed by atoms with Crippen LogP contribution in [0.4, 0.5) is 0 Å². The van der Waals surface area contributed by atoms with Crippen LogP contribution in [0, 0.1) is 5.92 Å². The Morgan fingerprint density at radius 2 is 1.93 bits per heavy atom. The fraction of sp³-hybridized carbons (Fsp3) is 0.391. The molecule has 2 aromatic carbocycles. The fourth-order valence-electron chi connectivity index (χ4n) is 3.50. The summed E-state index contributed by atoms with van der Waals surface area (Å²) in [5.74, 6) is 2.56. The molecule has 1 aliphatic rings. The number of imidazole rings is 1. The molecule has 1 aromatic heterocycles. The molecule has 5 heteroatoms. The van der Waals surface area contributed by atoms with Crippen LogP contribution in [-0.2, 0) is 17.9 Å². The number of ether oxygens (including phenoxy) is 1. The summed E-state index contributed by atoms with van der Waals surface area (Å²) in [7, 11) is 0. The molecule has 1 N–H and O–H groups in total. The van der Waals surface area contributed by atoms with E-state index in [9.17, 15) is 4.79 Å². The minimum absolute atomic E-state index is 0.140. The van der Waals surface area contributed by atoms with E-state index in [-0.39, 0.29) is 11.8 Å². The Morgan fingerprint density at radius 1 is 1.18 bits per heavy atom. The lowest BCUT2D eigenvalue weighted by Gasteiger charge is -2.15. The zero-order chi connectivity index (χ0) is 19.5. The number of aromatic nitrogens is 2. The van der Waals surface area contributed by atoms with Crippen molar-refractivity contribution in [3.8, 4) is 5.75 Å². The highest BCUT2D eigenvalue weighted by molar-refractivity contribution is 5.81. The number of nitrogens with one attached hydrogen (secondary N) is 1. The minimum Gasteiger partial charge on any atom is -0.491 e. The lowest BCUT2D eigenvalue weighted by Crippen LogP contribution is -2.26. The maximum absolute atomic E-state index is 12.0. The summed E-state index contributed by atoms with van der Waals surface area (Å²) in [6.45, 7) is 6.03. The highest BCUT2D eigenvalue weighted by Crippen LogP contribution is 2.29. The first-order chi connectivity index (χ1) is 13.6. The van der Waals surface area contributed by atoms with Gasteiger partial charge in [0.25, 0.3) is 0 Å². The number of fused-ring (bicyclic) bond motifs is 1. The lowest BCUT2D eigenvalue weighted by atomic mass is 10.0. The van der Waals surface area contributed by atoms with E-state index in [2.05, 4.69) is 35.9 Å². The van der Waals surface area contributed by atoms with E-state index < -0.39 is 0 Å². The predicted molar refractivity (Wildman–Crippen MR) is 110 cm³/mol. The predicted octanol–water partition coefficient (Wildman–Crippen LogP) is 4.26. The number of amides is 1. The van der Waals surface area contributed by atoms with Crippen molar-refractivity contribution in [2.24, 2.45) is 5.92 Å². The Balaban J connectivity index is 1.49. The standard InChI is InChI=1S/C23H27N3O2/c1-16(2)18-7-3-6-10-21(18)28-14-13-26-20-9-5-4-8-19(20)25-22(26)15-24-23(27)17-11-12-17/h3-10,16-17H,11-15H2,1-2H3,(H,24,27). The molecule has 0 bridgehead atoms. The minimum atomic E-state index is 0.140. The van der Waals surface area contributed by atoms with Gasteiger partial charge in [0.1, 0.15) is 18.2 Å². The quantitative estimate of drug-likeness (QED) is 0.638. The van der Waals surface area contributed by atoms with Crippen molar-refractivity contribution in [2.45, 2.75) is 45.7 Å². The van der Waals surface area contributed by atoms with Crippen LogP contribution in [-0.4, -0.2) is 22.1 Å². The van der Waals surface area contributed by atoms with Gasteiger partial charge in [-0.3, -0.25) is 4.79 Å². The third kappa shape index (κ3) is 4.03. The van der Waals surface area contributed by atoms with Crippen molar-refractivity contribution < 1.29 is 9.53 Å². The number of benzene rings is 2. The molecule has 28 heavy (non-hydrogen) atoms. The number of para-hydroxylation sites is 3. The Bertz CT molecular complexity index is 973. The van der Waals surface area contributed by atoms with E-state index in [1.54, 1.807) is 0 Å². The molecule has 5 nitrogen and oxygen atoms in total. The summed E-state index contributed by atoms with van der Waals surface area (Å²) in [5, 5.41) is 3.03. The molecule has 0 unspecified atom stereocenters. The number of carbonyl (C=O) groups excluding carboxylic acids is 1. The third-order valence-electron chi connectivity index (χ3n) is 5.22. The molecule has 1 aliphatic carbocycles. The molecule has 0 spiro atoms. The molecule has 0 aliphatic heterocycles. The SMILES string of the molecule is CC(C)c1ccccc1OCCn1c(CNC(=O)C2CC2)nc2ccccc21. The van der Waals surface area contributed by atoms with Gasteiger partial charge in [-0.2, -0.15) is 0 Å². The van der Waals surface area contributed by atoms with E-state index in [0.29, 0.717) is 25.6 Å². The van der Waals surface area contributed by atoms with Crippen molar-refractivity contribution in [1.82, 2.24) is 14.9 Å². The van der Waals surface area contributed by atoms with Crippen LogP contribution in [0.5, 0.6) is 5.75 Å². The highest BCUT2D eigenvalue weighted by atomic mass is 16.5. The Labute approximate surface area is 165 Å². The molecule has 1 heterocycles. The second-order valence-corrected chi connectivity index (χ2v) is 7.70. The van der Waals surface area contributed by atoms with Crippen LogP contribution in [0.15, 0.2) is 48.5 Å². The maximum atomic E-state index is 12.0. The van der Waals surface area contributed by atoms with Crippen molar-refractivity contribution in [3.63, 3.8) is 0 Å². The number of rotatable bonds is 8. The molecule has 0 saturated heterocycles. The van der Waals surface area contributed by atoms with Crippen LogP contribution in [0.3, 0.4) is 0 Å². The summed E-state index contributed by atoms with van der Waals surface area (Å²) in [5.41, 5.74) is 3.23. The largest absolute Gasteiger partial charge is 0.491 e. The molecule has 3 aromatic rings. The molecule has 146 valence electrons. The molecule has 4 rings (SSSR count). The number of nitrogens with zero attached hydrogens (tertiary/aromatic N) is 2. The van der Waals surface area contributed by atoms with E-state index in [0.717, 1.165) is 35.4 Å². The first-order valence-corrected chi connectivity index (χ1v) is 10.1. The Hall–Kier alpha value is -2.82. The van der Waals surface area contributed by atoms with Gasteiger partial charge in [-0.25, -0.2) is 4.98 Å². The average Bonchev–Trinajstić information content (AvgIpc) is 3.49. The smallest absolute Gasteiger partial charge is 0.223 e. The fourth-order valence-corrected chi connectivity index (χ4v) is 3.50. The van der Waals surface area contributed by atoms with Crippen LogP contribution in [0.1, 0.15) is 44.0 Å². The lowest BCUT2D eigenvalue weighted by molar-refractivity contribution is -0.122. The maximum Gasteiger partial charge on any atom is 0.223 e. The second kappa shape index (κ2) is 8.05. The normalized spacial score (nSPS) is 13.8. The van der Waals surface area contributed by atoms with Crippen molar-refractivity contribution in [3.05, 3.63) is 59.9 Å². The van der Waals surface area contributed by atoms with Gasteiger partial charge in [0.15, 0.2) is 0 Å². The number of hydrogen-bond acceptors (Lipinski definition) is 3. The summed E-state index contributed by atoms with van der Waals surface area (Å²) >= 11 is 0. The first-order valence-electron chi connectivity index (χ1n) is 10.1. The zero-order valence-corrected chi connectivity index (χ0v) is 16.5. The third-order valence-corrected chi connectivity index (χ3v) is 5.22. The van der Waals surface area contributed by atoms with Gasteiger partial charge in [-0.05, 0) is 42.5 Å². The van der Waals surface area contributed by atoms with Gasteiger partial charge in [-0.15, -0.1) is 0 Å². The number of carbonyl (C=O) groups is 1. The van der Waals surface area contributed by atoms with Crippen molar-refractivity contribution in [1.29, 1.82) is 0 Å². The van der Waals surface area contributed by atoms with Gasteiger partial charge in [-0.1, -0.05) is 44.2 Å². The molecular weight excluding hydrogens is 350 g/mol. The Morgan fingerprint density at radius 3 is 2.71 bits per heavy atom. The molecular formula is C23H27N3O2. The van der Waals surface area contributed by atoms with Crippen molar-refractivity contribution in [2.75, 3.05) is 6.61 Å². The molecule has 1 saturated carbocycles. The van der Waals surface area contributed by atoms with Crippen molar-refractivity contribution >= 4 is 16.9 Å². The van der Waals surface area contributed by atoms with Crippen LogP contribution in [0.2, 0.25) is 0 Å². The first kappa shape index (κ1) is 18.5. The summed E-state index contributed by atoms with van der Waals surface area (Å²) < 4.78 is 8.27. The van der Waals surface area contributed by atoms with Gasteiger partial charge in [0.2, 0.25) is 5.91 Å². The summed E-state index contributed by atoms with van der Waals surface area (Å²) in [6.07, 6.45) is 2.01. The summed E-state index contributed by atoms with van der Waals surface area (Å²) in [6, 6.07) is 16.3. The molecule has 0 radical (unpaired) electrons. The van der Waals surface area contributed by atoms with Gasteiger partial charge >= 0.3 is 0 Å². The molecule has 1 fully saturated rings. The molecule has 1 amide bonds. The van der Waals surface area contributed by atoms with E-state index in [4.69, 9.17) is 9.72 Å². The van der Waals surface area contributed by atoms with E-state index >= 15 is 0 Å². The van der Waals surface area contributed by atoms with Gasteiger partial charge < -0.3 is 14.6 Å². The highest BCUT2D eigenvalue weighted by Gasteiger charge is 2.29. The molecule has 0 atom stereocenters. The average molecular weight is 377 g/mol. The van der Waals surface area contributed by atoms with E-state index in [1.165, 1.54) is 5.56 Å². The topological polar surface area (TPSA) is 56.1 Å². The second-order valence-electron chi connectivity index (χ2n) is 7.70. The zero-order valence-electron chi connectivity index (χ0n) is 16.5. The van der Waals surface area contributed by atoms with Gasteiger partial charge in [0.05, 0.1) is 24.1 Å². The number of hydrogen-bond donors (Lipinski definition) is 1. The van der Waals surface area contributed by atoms with Crippen LogP contribution < -0.4 is 10.1 Å². The van der Waals surface area contributed by atoms with Crippen LogP contribution in [0.25, 0.3) is 11.0 Å². The van der Waals surface area contributed by atoms with E-state index in [1.807, 2.05) is 36.4 Å². The Kier molecular flexibility index (Phi) is 5.33.